The Balaban J connectivity index is 1.31. The van der Waals surface area contributed by atoms with Gasteiger partial charge in [0.2, 0.25) is 11.8 Å². The van der Waals surface area contributed by atoms with Crippen LogP contribution in [-0.4, -0.2) is 45.5 Å². The van der Waals surface area contributed by atoms with Crippen molar-refractivity contribution >= 4 is 17.5 Å². The van der Waals surface area contributed by atoms with E-state index in [1.165, 1.54) is 6.07 Å². The van der Waals surface area contributed by atoms with Gasteiger partial charge in [-0.1, -0.05) is 49.4 Å². The minimum Gasteiger partial charge on any atom is -0.390 e. The van der Waals surface area contributed by atoms with Crippen molar-refractivity contribution in [3.8, 4) is 22.4 Å². The highest BCUT2D eigenvalue weighted by atomic mass is 19.1. The van der Waals surface area contributed by atoms with Crippen LogP contribution >= 0.6 is 0 Å². The van der Waals surface area contributed by atoms with Crippen molar-refractivity contribution in [2.45, 2.75) is 82.4 Å². The molecule has 5 rings (SSSR count). The number of pyridine rings is 1. The summed E-state index contributed by atoms with van der Waals surface area (Å²) in [4.78, 5) is 31.6. The highest BCUT2D eigenvalue weighted by Crippen LogP contribution is 2.47. The Morgan fingerprint density at radius 2 is 1.76 bits per heavy atom. The number of aliphatic hydroxyl groups is 1. The zero-order chi connectivity index (χ0) is 30.1. The molecule has 0 bridgehead atoms. The van der Waals surface area contributed by atoms with E-state index in [0.717, 1.165) is 36.8 Å². The van der Waals surface area contributed by atoms with Crippen LogP contribution in [0.1, 0.15) is 70.8 Å². The van der Waals surface area contributed by atoms with Gasteiger partial charge in [0.1, 0.15) is 5.82 Å². The number of aromatic nitrogens is 1. The molecule has 2 aromatic carbocycles. The molecule has 2 aliphatic carbocycles. The molecule has 7 nitrogen and oxygen atoms in total. The summed E-state index contributed by atoms with van der Waals surface area (Å²) in [6, 6.07) is 16.8. The number of carbonyl (C=O) groups excluding carboxylic acids is 2. The van der Waals surface area contributed by atoms with E-state index in [9.17, 15) is 14.7 Å². The van der Waals surface area contributed by atoms with Crippen LogP contribution in [0.4, 0.5) is 10.1 Å². The van der Waals surface area contributed by atoms with Crippen LogP contribution in [0.2, 0.25) is 0 Å². The number of benzene rings is 2. The third kappa shape index (κ3) is 6.40. The highest BCUT2D eigenvalue weighted by Gasteiger charge is 2.50. The Morgan fingerprint density at radius 1 is 1.07 bits per heavy atom. The molecule has 0 aliphatic heterocycles. The molecule has 42 heavy (non-hydrogen) atoms. The molecule has 0 radical (unpaired) electrons. The topological polar surface area (TPSA) is 109 Å². The smallest absolute Gasteiger partial charge is 0.224 e. The number of hydrogen-bond acceptors (Lipinski definition) is 5. The Kier molecular flexibility index (Phi) is 8.49. The first-order chi connectivity index (χ1) is 20.0. The van der Waals surface area contributed by atoms with Gasteiger partial charge in [0.15, 0.2) is 0 Å². The van der Waals surface area contributed by atoms with E-state index in [1.807, 2.05) is 61.3 Å². The molecule has 0 saturated heterocycles. The average molecular weight is 573 g/mol. The van der Waals surface area contributed by atoms with E-state index in [1.54, 1.807) is 19.2 Å². The van der Waals surface area contributed by atoms with Gasteiger partial charge in [-0.05, 0) is 69.1 Å². The van der Waals surface area contributed by atoms with Crippen molar-refractivity contribution in [1.29, 1.82) is 0 Å². The number of amides is 2. The first-order valence-electron chi connectivity index (χ1n) is 14.9. The van der Waals surface area contributed by atoms with Gasteiger partial charge in [-0.25, -0.2) is 4.39 Å². The number of hydrogen-bond donors (Lipinski definition) is 3. The van der Waals surface area contributed by atoms with E-state index in [2.05, 4.69) is 10.3 Å². The normalized spacial score (nSPS) is 25.4. The van der Waals surface area contributed by atoms with E-state index in [0.29, 0.717) is 48.2 Å². The maximum absolute atomic E-state index is 15.4. The van der Waals surface area contributed by atoms with Crippen LogP contribution in [0.15, 0.2) is 60.8 Å². The van der Waals surface area contributed by atoms with Gasteiger partial charge >= 0.3 is 0 Å². The fourth-order valence-electron chi connectivity index (χ4n) is 6.83. The lowest BCUT2D eigenvalue weighted by Crippen LogP contribution is -2.58. The predicted molar refractivity (Wildman–Crippen MR) is 163 cm³/mol. The third-order valence-corrected chi connectivity index (χ3v) is 8.96. The van der Waals surface area contributed by atoms with Crippen LogP contribution in [-0.2, 0) is 15.1 Å². The number of anilines is 1. The Bertz CT molecular complexity index is 1440. The number of carbonyl (C=O) groups is 2. The summed E-state index contributed by atoms with van der Waals surface area (Å²) < 4.78 is 15.4. The maximum atomic E-state index is 15.4. The Hall–Kier alpha value is -3.62. The van der Waals surface area contributed by atoms with E-state index in [-0.39, 0.29) is 23.8 Å². The first-order valence-corrected chi connectivity index (χ1v) is 14.9. The van der Waals surface area contributed by atoms with Crippen LogP contribution in [0.3, 0.4) is 0 Å². The van der Waals surface area contributed by atoms with Gasteiger partial charge in [0, 0.05) is 48.2 Å². The van der Waals surface area contributed by atoms with Crippen molar-refractivity contribution in [3.05, 3.63) is 72.2 Å². The molecule has 222 valence electrons. The molecule has 2 amide bonds. The fourth-order valence-corrected chi connectivity index (χ4v) is 6.83. The lowest BCUT2D eigenvalue weighted by Gasteiger charge is -2.49. The highest BCUT2D eigenvalue weighted by molar-refractivity contribution is 5.93. The van der Waals surface area contributed by atoms with Crippen molar-refractivity contribution in [3.63, 3.8) is 0 Å². The SMILES string of the molecule is CCC(=O)N(C)C1CCC(CC(=O)Nc2cnc(-c3ccc(C4(N)CC(C)(O)C4)c(F)c3)c(-c3ccccc3)c2)CC1. The van der Waals surface area contributed by atoms with Crippen molar-refractivity contribution in [2.24, 2.45) is 11.7 Å². The standard InChI is InChI=1S/C34H41FN4O3/c1-4-31(41)39(3)26-13-10-22(11-14-26)16-30(40)38-25-18-27(23-8-6-5-7-9-23)32(37-19-25)24-12-15-28(29(35)17-24)34(36)20-33(2,42)21-34/h5-9,12,15,17-19,22,26,42H,4,10-11,13-14,16,20-21,36H2,1-3H3,(H,38,40). The second-order valence-electron chi connectivity index (χ2n) is 12.5. The van der Waals surface area contributed by atoms with Gasteiger partial charge in [-0.2, -0.15) is 0 Å². The molecule has 3 aromatic rings. The molecule has 4 N–H and O–H groups in total. The maximum Gasteiger partial charge on any atom is 0.224 e. The summed E-state index contributed by atoms with van der Waals surface area (Å²) in [5.41, 5.74) is 8.48. The van der Waals surface area contributed by atoms with E-state index >= 15 is 4.39 Å². The molecule has 0 atom stereocenters. The molecular formula is C34H41FN4O3. The molecule has 0 unspecified atom stereocenters. The molecular weight excluding hydrogens is 531 g/mol. The van der Waals surface area contributed by atoms with Crippen molar-refractivity contribution in [2.75, 3.05) is 12.4 Å². The second-order valence-corrected chi connectivity index (χ2v) is 12.5. The van der Waals surface area contributed by atoms with Crippen LogP contribution < -0.4 is 11.1 Å². The molecule has 2 aliphatic rings. The minimum atomic E-state index is -0.891. The van der Waals surface area contributed by atoms with E-state index < -0.39 is 17.0 Å². The Morgan fingerprint density at radius 3 is 2.38 bits per heavy atom. The number of nitrogens with one attached hydrogen (secondary N) is 1. The largest absolute Gasteiger partial charge is 0.390 e. The fraction of sp³-hybridized carbons (Fsp3) is 0.441. The van der Waals surface area contributed by atoms with Crippen LogP contribution in [0.5, 0.6) is 0 Å². The number of halogens is 1. The van der Waals surface area contributed by atoms with Gasteiger partial charge < -0.3 is 21.1 Å². The van der Waals surface area contributed by atoms with Gasteiger partial charge in [0.05, 0.1) is 23.2 Å². The number of nitrogens with two attached hydrogens (primary N) is 1. The minimum absolute atomic E-state index is 0.0648. The molecule has 0 spiro atoms. The van der Waals surface area contributed by atoms with Crippen LogP contribution in [0, 0.1) is 11.7 Å². The summed E-state index contributed by atoms with van der Waals surface area (Å²) >= 11 is 0. The van der Waals surface area contributed by atoms with Crippen LogP contribution in [0.25, 0.3) is 22.4 Å². The molecule has 1 aromatic heterocycles. The summed E-state index contributed by atoms with van der Waals surface area (Å²) in [6.07, 6.45) is 6.79. The molecule has 2 saturated carbocycles. The summed E-state index contributed by atoms with van der Waals surface area (Å²) in [7, 11) is 1.88. The first kappa shape index (κ1) is 29.9. The summed E-state index contributed by atoms with van der Waals surface area (Å²) in [5.74, 6) is -0.0523. The summed E-state index contributed by atoms with van der Waals surface area (Å²) in [6.45, 7) is 3.59. The number of rotatable bonds is 8. The monoisotopic (exact) mass is 572 g/mol. The second kappa shape index (κ2) is 11.9. The van der Waals surface area contributed by atoms with Crippen molar-refractivity contribution < 1.29 is 19.1 Å². The lowest BCUT2D eigenvalue weighted by atomic mass is 9.63. The van der Waals surface area contributed by atoms with Crippen molar-refractivity contribution in [1.82, 2.24) is 9.88 Å². The molecule has 1 heterocycles. The van der Waals surface area contributed by atoms with E-state index in [4.69, 9.17) is 5.73 Å². The zero-order valence-electron chi connectivity index (χ0n) is 24.7. The van der Waals surface area contributed by atoms with Gasteiger partial charge in [-0.15, -0.1) is 0 Å². The lowest BCUT2D eigenvalue weighted by molar-refractivity contribution is -0.132. The third-order valence-electron chi connectivity index (χ3n) is 8.96. The van der Waals surface area contributed by atoms with Gasteiger partial charge in [-0.3, -0.25) is 14.6 Å². The van der Waals surface area contributed by atoms with Gasteiger partial charge in [0.25, 0.3) is 0 Å². The average Bonchev–Trinajstić information content (AvgIpc) is 2.96. The molecule has 8 heteroatoms. The summed E-state index contributed by atoms with van der Waals surface area (Å²) in [5, 5.41) is 13.2. The predicted octanol–water partition coefficient (Wildman–Crippen LogP) is 6.01. The molecule has 2 fully saturated rings. The number of nitrogens with zero attached hydrogens (tertiary/aromatic N) is 2. The Labute approximate surface area is 247 Å². The zero-order valence-corrected chi connectivity index (χ0v) is 24.7. The quantitative estimate of drug-likeness (QED) is 0.306.